The maximum absolute atomic E-state index is 13.3. The number of carbonyl (C=O) groups excluding carboxylic acids is 2. The van der Waals surface area contributed by atoms with Crippen molar-refractivity contribution in [1.82, 2.24) is 0 Å². The maximum Gasteiger partial charge on any atom is 0.209 e. The zero-order chi connectivity index (χ0) is 17.7. The lowest BCUT2D eigenvalue weighted by Gasteiger charge is -2.47. The molecule has 0 spiro atoms. The van der Waals surface area contributed by atoms with Crippen LogP contribution in [0.5, 0.6) is 0 Å². The van der Waals surface area contributed by atoms with Gasteiger partial charge in [-0.1, -0.05) is 25.5 Å². The van der Waals surface area contributed by atoms with E-state index in [-0.39, 0.29) is 17.5 Å². The molecule has 0 amide bonds. The lowest BCUT2D eigenvalue weighted by atomic mass is 9.62. The molecule has 0 saturated carbocycles. The third kappa shape index (κ3) is 2.46. The van der Waals surface area contributed by atoms with Crippen LogP contribution >= 0.6 is 0 Å². The summed E-state index contributed by atoms with van der Waals surface area (Å²) in [5.74, 6) is 0.777. The van der Waals surface area contributed by atoms with Crippen LogP contribution < -0.4 is 0 Å². The first-order chi connectivity index (χ1) is 11.2. The number of rotatable bonds is 1. The van der Waals surface area contributed by atoms with Gasteiger partial charge in [-0.2, -0.15) is 0 Å². The van der Waals surface area contributed by atoms with Crippen molar-refractivity contribution in [2.75, 3.05) is 7.11 Å². The molecule has 4 bridgehead atoms. The van der Waals surface area contributed by atoms with Crippen LogP contribution in [0, 0.1) is 11.3 Å². The van der Waals surface area contributed by atoms with Crippen LogP contribution in [0.15, 0.2) is 23.0 Å². The summed E-state index contributed by atoms with van der Waals surface area (Å²) in [5.41, 5.74) is 0.374. The summed E-state index contributed by atoms with van der Waals surface area (Å²) < 4.78 is 11.7. The average Bonchev–Trinajstić information content (AvgIpc) is 2.52. The Labute approximate surface area is 144 Å². The first kappa shape index (κ1) is 17.4. The summed E-state index contributed by atoms with van der Waals surface area (Å²) in [6.07, 6.45) is 5.21. The Balaban J connectivity index is 2.17. The lowest BCUT2D eigenvalue weighted by molar-refractivity contribution is -0.157. The van der Waals surface area contributed by atoms with E-state index in [0.29, 0.717) is 24.2 Å². The Hall–Kier alpha value is -1.42. The highest BCUT2D eigenvalue weighted by Crippen LogP contribution is 2.49. The molecule has 24 heavy (non-hydrogen) atoms. The van der Waals surface area contributed by atoms with Crippen LogP contribution in [0.1, 0.15) is 59.8 Å². The minimum atomic E-state index is -0.913. The SMILES string of the molecule is CO[C@H]1C(=O)[C@]2(C)CC/C=C(/C)CC[C@]3(C)C(=O)C1=C(C[C@H]3C)O2. The Bertz CT molecular complexity index is 644. The number of fused-ring (bicyclic) bond motifs is 2. The van der Waals surface area contributed by atoms with E-state index < -0.39 is 17.1 Å². The summed E-state index contributed by atoms with van der Waals surface area (Å²) in [6.45, 7) is 8.10. The van der Waals surface area contributed by atoms with Crippen molar-refractivity contribution in [3.63, 3.8) is 0 Å². The van der Waals surface area contributed by atoms with Gasteiger partial charge in [0.05, 0.1) is 5.57 Å². The first-order valence-electron chi connectivity index (χ1n) is 8.92. The molecular formula is C20H28O4. The summed E-state index contributed by atoms with van der Waals surface area (Å²) in [7, 11) is 1.51. The van der Waals surface area contributed by atoms with Crippen molar-refractivity contribution in [2.24, 2.45) is 11.3 Å². The minimum Gasteiger partial charge on any atom is -0.483 e. The quantitative estimate of drug-likeness (QED) is 0.686. The number of hydrogen-bond donors (Lipinski definition) is 0. The standard InChI is InChI=1S/C20H28O4/c1-12-7-6-9-20(4)18(22)16(23-5)15-14(24-20)11-13(2)19(3,10-8-12)17(15)21/h7,13,16H,6,8-11H2,1-5H3/b12-7-/t13-,16-,19+,20+/m1/s1. The summed E-state index contributed by atoms with van der Waals surface area (Å²) in [5, 5.41) is 0. The molecule has 4 heteroatoms. The van der Waals surface area contributed by atoms with Crippen molar-refractivity contribution in [2.45, 2.75) is 71.5 Å². The number of allylic oxidation sites excluding steroid dienone is 3. The molecule has 0 unspecified atom stereocenters. The fourth-order valence-electron chi connectivity index (χ4n) is 4.28. The van der Waals surface area contributed by atoms with Gasteiger partial charge in [-0.15, -0.1) is 0 Å². The van der Waals surface area contributed by atoms with Gasteiger partial charge in [-0.3, -0.25) is 9.59 Å². The molecule has 0 saturated heterocycles. The van der Waals surface area contributed by atoms with Crippen LogP contribution in [-0.2, 0) is 19.1 Å². The summed E-state index contributed by atoms with van der Waals surface area (Å²) in [4.78, 5) is 26.4. The van der Waals surface area contributed by atoms with E-state index in [9.17, 15) is 9.59 Å². The van der Waals surface area contributed by atoms with Crippen LogP contribution in [0.2, 0.25) is 0 Å². The van der Waals surface area contributed by atoms with Crippen molar-refractivity contribution in [3.05, 3.63) is 23.0 Å². The number of ketones is 2. The third-order valence-electron chi connectivity index (χ3n) is 6.40. The predicted molar refractivity (Wildman–Crippen MR) is 91.4 cm³/mol. The second-order valence-corrected chi connectivity index (χ2v) is 8.09. The minimum absolute atomic E-state index is 0.0341. The smallest absolute Gasteiger partial charge is 0.209 e. The van der Waals surface area contributed by atoms with Crippen LogP contribution in [0.4, 0.5) is 0 Å². The Kier molecular flexibility index (Phi) is 4.23. The van der Waals surface area contributed by atoms with Crippen LogP contribution in [0.25, 0.3) is 0 Å². The van der Waals surface area contributed by atoms with Gasteiger partial charge in [-0.05, 0) is 45.4 Å². The summed E-state index contributed by atoms with van der Waals surface area (Å²) >= 11 is 0. The first-order valence-corrected chi connectivity index (χ1v) is 8.92. The largest absolute Gasteiger partial charge is 0.483 e. The number of ether oxygens (including phenoxy) is 2. The highest BCUT2D eigenvalue weighted by molar-refractivity contribution is 6.10. The van der Waals surface area contributed by atoms with Crippen molar-refractivity contribution >= 4 is 11.6 Å². The number of methoxy groups -OCH3 is 1. The topological polar surface area (TPSA) is 52.6 Å². The van der Waals surface area contributed by atoms with Crippen molar-refractivity contribution in [1.29, 1.82) is 0 Å². The molecule has 0 aromatic carbocycles. The zero-order valence-corrected chi connectivity index (χ0v) is 15.4. The van der Waals surface area contributed by atoms with E-state index in [1.54, 1.807) is 0 Å². The number of Topliss-reactive ketones (excluding diaryl/α,β-unsaturated/α-hetero) is 2. The molecule has 0 aromatic heterocycles. The molecule has 3 aliphatic heterocycles. The third-order valence-corrected chi connectivity index (χ3v) is 6.40. The average molecular weight is 332 g/mol. The fourth-order valence-corrected chi connectivity index (χ4v) is 4.28. The Morgan fingerprint density at radius 2 is 1.96 bits per heavy atom. The van der Waals surface area contributed by atoms with Crippen molar-refractivity contribution in [3.8, 4) is 0 Å². The van der Waals surface area contributed by atoms with E-state index in [2.05, 4.69) is 19.9 Å². The zero-order valence-electron chi connectivity index (χ0n) is 15.4. The molecule has 2 aliphatic carbocycles. The van der Waals surface area contributed by atoms with E-state index in [1.165, 1.54) is 12.7 Å². The lowest BCUT2D eigenvalue weighted by Crippen LogP contribution is -2.55. The second-order valence-electron chi connectivity index (χ2n) is 8.09. The van der Waals surface area contributed by atoms with E-state index in [0.717, 1.165) is 19.3 Å². The molecule has 5 aliphatic rings. The molecule has 4 atom stereocenters. The molecule has 132 valence electrons. The van der Waals surface area contributed by atoms with Gasteiger partial charge in [0.2, 0.25) is 5.78 Å². The Morgan fingerprint density at radius 3 is 2.62 bits per heavy atom. The van der Waals surface area contributed by atoms with Gasteiger partial charge < -0.3 is 9.47 Å². The highest BCUT2D eigenvalue weighted by atomic mass is 16.5. The van der Waals surface area contributed by atoms with Crippen molar-refractivity contribution < 1.29 is 19.1 Å². The maximum atomic E-state index is 13.3. The predicted octanol–water partition coefficient (Wildman–Crippen LogP) is 3.75. The van der Waals surface area contributed by atoms with Gasteiger partial charge in [0.1, 0.15) is 5.76 Å². The van der Waals surface area contributed by atoms with E-state index >= 15 is 0 Å². The Morgan fingerprint density at radius 1 is 1.25 bits per heavy atom. The normalized spacial score (nSPS) is 42.3. The molecule has 0 aromatic rings. The van der Waals surface area contributed by atoms with Crippen LogP contribution in [-0.4, -0.2) is 30.4 Å². The molecule has 3 heterocycles. The number of hydrogen-bond acceptors (Lipinski definition) is 4. The van der Waals surface area contributed by atoms with Gasteiger partial charge >= 0.3 is 0 Å². The van der Waals surface area contributed by atoms with E-state index in [4.69, 9.17) is 9.47 Å². The molecule has 0 fully saturated rings. The molecular weight excluding hydrogens is 304 g/mol. The number of carbonyl (C=O) groups is 2. The fraction of sp³-hybridized carbons (Fsp3) is 0.700. The van der Waals surface area contributed by atoms with Gasteiger partial charge in [-0.25, -0.2) is 0 Å². The molecule has 5 rings (SSSR count). The second kappa shape index (κ2) is 5.83. The van der Waals surface area contributed by atoms with Crippen LogP contribution in [0.3, 0.4) is 0 Å². The summed E-state index contributed by atoms with van der Waals surface area (Å²) in [6, 6.07) is 0. The van der Waals surface area contributed by atoms with Gasteiger partial charge in [0.25, 0.3) is 0 Å². The molecule has 0 radical (unpaired) electrons. The highest BCUT2D eigenvalue weighted by Gasteiger charge is 2.55. The van der Waals surface area contributed by atoms with Gasteiger partial charge in [0, 0.05) is 18.9 Å². The molecule has 4 nitrogen and oxygen atoms in total. The molecule has 0 N–H and O–H groups in total. The van der Waals surface area contributed by atoms with E-state index in [1.807, 2.05) is 13.8 Å². The van der Waals surface area contributed by atoms with Gasteiger partial charge in [0.15, 0.2) is 17.5 Å². The monoisotopic (exact) mass is 332 g/mol.